The summed E-state index contributed by atoms with van der Waals surface area (Å²) in [4.78, 5) is 15.9. The number of piperidine rings is 1. The van der Waals surface area contributed by atoms with Gasteiger partial charge in [-0.3, -0.25) is 14.0 Å². The normalized spacial score (nSPS) is 17.9. The minimum Gasteiger partial charge on any atom is -0.476 e. The Hall–Kier alpha value is -3.36. The third-order valence-corrected chi connectivity index (χ3v) is 8.99. The van der Waals surface area contributed by atoms with Crippen LogP contribution < -0.4 is 14.4 Å². The van der Waals surface area contributed by atoms with Gasteiger partial charge in [0.05, 0.1) is 17.1 Å². The molecule has 0 unspecified atom stereocenters. The van der Waals surface area contributed by atoms with Crippen molar-refractivity contribution in [1.29, 1.82) is 0 Å². The number of ether oxygens (including phenoxy) is 1. The van der Waals surface area contributed by atoms with Gasteiger partial charge in [0.1, 0.15) is 5.75 Å². The number of rotatable bonds is 7. The van der Waals surface area contributed by atoms with E-state index >= 15 is 0 Å². The first-order chi connectivity index (χ1) is 18.3. The number of anilines is 1. The standard InChI is InChI=1S/C30H35N3O4S/c1-22-9-12-26(13-10-22)38(35,36)33-21-29(37-28-14-11-23(2)17-27(28)33)30(34)31-19-24-7-6-8-25(18-24)20-32-15-4-3-5-16-32/h6-14,17-18,29H,3-5,15-16,19-21H2,1-2H3,(H,31,34)/t29-/m0/s1. The van der Waals surface area contributed by atoms with Crippen molar-refractivity contribution in [1.82, 2.24) is 10.2 Å². The van der Waals surface area contributed by atoms with Crippen molar-refractivity contribution in [2.24, 2.45) is 0 Å². The van der Waals surface area contributed by atoms with E-state index in [-0.39, 0.29) is 17.3 Å². The second-order valence-corrected chi connectivity index (χ2v) is 12.2. The molecule has 1 N–H and O–H groups in total. The van der Waals surface area contributed by atoms with Crippen LogP contribution in [0.2, 0.25) is 0 Å². The maximum Gasteiger partial charge on any atom is 0.264 e. The zero-order chi connectivity index (χ0) is 26.7. The number of benzene rings is 3. The molecule has 1 amide bonds. The molecule has 1 atom stereocenters. The van der Waals surface area contributed by atoms with Gasteiger partial charge in [-0.25, -0.2) is 8.42 Å². The Morgan fingerprint density at radius 3 is 2.39 bits per heavy atom. The van der Waals surface area contributed by atoms with Gasteiger partial charge in [-0.1, -0.05) is 54.4 Å². The van der Waals surface area contributed by atoms with E-state index in [4.69, 9.17) is 4.74 Å². The van der Waals surface area contributed by atoms with E-state index in [9.17, 15) is 13.2 Å². The summed E-state index contributed by atoms with van der Waals surface area (Å²) in [6.45, 7) is 7.22. The van der Waals surface area contributed by atoms with Crippen LogP contribution in [0.4, 0.5) is 5.69 Å². The van der Waals surface area contributed by atoms with Crippen LogP contribution >= 0.6 is 0 Å². The Bertz CT molecular complexity index is 1400. The fraction of sp³-hybridized carbons (Fsp3) is 0.367. The molecular weight excluding hydrogens is 498 g/mol. The van der Waals surface area contributed by atoms with Crippen LogP contribution in [0.3, 0.4) is 0 Å². The van der Waals surface area contributed by atoms with E-state index in [1.807, 2.05) is 32.0 Å². The molecule has 200 valence electrons. The van der Waals surface area contributed by atoms with E-state index < -0.39 is 16.1 Å². The van der Waals surface area contributed by atoms with Gasteiger partial charge < -0.3 is 10.1 Å². The molecule has 8 heteroatoms. The Morgan fingerprint density at radius 2 is 1.63 bits per heavy atom. The van der Waals surface area contributed by atoms with E-state index in [0.717, 1.165) is 36.3 Å². The summed E-state index contributed by atoms with van der Waals surface area (Å²) in [6, 6.07) is 20.4. The van der Waals surface area contributed by atoms with E-state index in [2.05, 4.69) is 22.3 Å². The van der Waals surface area contributed by atoms with Crippen molar-refractivity contribution in [3.8, 4) is 5.75 Å². The van der Waals surface area contributed by atoms with Gasteiger partial charge in [-0.15, -0.1) is 0 Å². The summed E-state index contributed by atoms with van der Waals surface area (Å²) in [7, 11) is -3.89. The zero-order valence-electron chi connectivity index (χ0n) is 22.0. The van der Waals surface area contributed by atoms with Gasteiger partial charge in [0, 0.05) is 13.1 Å². The molecule has 2 heterocycles. The monoisotopic (exact) mass is 533 g/mol. The van der Waals surface area contributed by atoms with Gasteiger partial charge in [-0.2, -0.15) is 0 Å². The number of likely N-dealkylation sites (tertiary alicyclic amines) is 1. The van der Waals surface area contributed by atoms with Gasteiger partial charge in [0.15, 0.2) is 6.10 Å². The number of nitrogens with one attached hydrogen (secondary N) is 1. The first kappa shape index (κ1) is 26.3. The highest BCUT2D eigenvalue weighted by Gasteiger charge is 2.37. The van der Waals surface area contributed by atoms with E-state index in [0.29, 0.717) is 18.0 Å². The van der Waals surface area contributed by atoms with Crippen LogP contribution in [0.1, 0.15) is 41.5 Å². The molecule has 0 aromatic heterocycles. The largest absolute Gasteiger partial charge is 0.476 e. The summed E-state index contributed by atoms with van der Waals surface area (Å²) < 4.78 is 34.6. The first-order valence-corrected chi connectivity index (χ1v) is 14.7. The molecule has 0 aliphatic carbocycles. The predicted octanol–water partition coefficient (Wildman–Crippen LogP) is 4.56. The molecule has 2 aliphatic rings. The highest BCUT2D eigenvalue weighted by Crippen LogP contribution is 2.37. The summed E-state index contributed by atoms with van der Waals surface area (Å²) in [5, 5.41) is 2.96. The molecule has 3 aromatic rings. The highest BCUT2D eigenvalue weighted by molar-refractivity contribution is 7.92. The van der Waals surface area contributed by atoms with Crippen molar-refractivity contribution >= 4 is 21.6 Å². The number of carbonyl (C=O) groups excluding carboxylic acids is 1. The van der Waals surface area contributed by atoms with Crippen LogP contribution in [0.25, 0.3) is 0 Å². The SMILES string of the molecule is Cc1ccc(S(=O)(=O)N2C[C@@H](C(=O)NCc3cccc(CN4CCCCC4)c3)Oc3ccc(C)cc32)cc1. The highest BCUT2D eigenvalue weighted by atomic mass is 32.2. The number of carbonyl (C=O) groups is 1. The molecule has 0 spiro atoms. The van der Waals surface area contributed by atoms with Gasteiger partial charge >= 0.3 is 0 Å². The fourth-order valence-electron chi connectivity index (χ4n) is 5.08. The van der Waals surface area contributed by atoms with Crippen LogP contribution in [-0.2, 0) is 27.9 Å². The molecular formula is C30H35N3O4S. The van der Waals surface area contributed by atoms with Gasteiger partial charge in [0.25, 0.3) is 15.9 Å². The van der Waals surface area contributed by atoms with Crippen molar-refractivity contribution in [3.05, 3.63) is 89.0 Å². The van der Waals surface area contributed by atoms with Crippen molar-refractivity contribution in [2.75, 3.05) is 23.9 Å². The molecule has 5 rings (SSSR count). The lowest BCUT2D eigenvalue weighted by atomic mass is 10.1. The van der Waals surface area contributed by atoms with Gasteiger partial charge in [-0.05, 0) is 80.7 Å². The van der Waals surface area contributed by atoms with E-state index in [1.165, 1.54) is 29.1 Å². The van der Waals surface area contributed by atoms with Crippen molar-refractivity contribution < 1.29 is 17.9 Å². The number of sulfonamides is 1. The molecule has 1 fully saturated rings. The molecule has 0 saturated carbocycles. The zero-order valence-corrected chi connectivity index (χ0v) is 22.8. The third kappa shape index (κ3) is 5.87. The van der Waals surface area contributed by atoms with Crippen LogP contribution in [0, 0.1) is 13.8 Å². The summed E-state index contributed by atoms with van der Waals surface area (Å²) in [6.07, 6.45) is 2.83. The van der Waals surface area contributed by atoms with E-state index in [1.54, 1.807) is 36.4 Å². The smallest absolute Gasteiger partial charge is 0.264 e. The van der Waals surface area contributed by atoms with Crippen LogP contribution in [0.5, 0.6) is 5.75 Å². The average Bonchev–Trinajstić information content (AvgIpc) is 2.92. The van der Waals surface area contributed by atoms with Gasteiger partial charge in [0.2, 0.25) is 0 Å². The average molecular weight is 534 g/mol. The summed E-state index contributed by atoms with van der Waals surface area (Å²) in [5.74, 6) is 0.0305. The number of nitrogens with zero attached hydrogens (tertiary/aromatic N) is 2. The summed E-state index contributed by atoms with van der Waals surface area (Å²) >= 11 is 0. The second kappa shape index (κ2) is 11.2. The Labute approximate surface area is 225 Å². The molecule has 7 nitrogen and oxygen atoms in total. The third-order valence-electron chi connectivity index (χ3n) is 7.20. The fourth-order valence-corrected chi connectivity index (χ4v) is 6.55. The molecule has 0 radical (unpaired) electrons. The molecule has 2 aliphatic heterocycles. The van der Waals surface area contributed by atoms with Crippen LogP contribution in [0.15, 0.2) is 71.6 Å². The minimum atomic E-state index is -3.89. The first-order valence-electron chi connectivity index (χ1n) is 13.2. The topological polar surface area (TPSA) is 79.0 Å². The molecule has 38 heavy (non-hydrogen) atoms. The Balaban J connectivity index is 1.31. The second-order valence-electron chi connectivity index (χ2n) is 10.3. The van der Waals surface area contributed by atoms with Crippen molar-refractivity contribution in [2.45, 2.75) is 57.2 Å². The van der Waals surface area contributed by atoms with Crippen molar-refractivity contribution in [3.63, 3.8) is 0 Å². The Morgan fingerprint density at radius 1 is 0.921 bits per heavy atom. The molecule has 0 bridgehead atoms. The lowest BCUT2D eigenvalue weighted by molar-refractivity contribution is -0.127. The summed E-state index contributed by atoms with van der Waals surface area (Å²) in [5.41, 5.74) is 4.55. The number of hydrogen-bond acceptors (Lipinski definition) is 5. The lowest BCUT2D eigenvalue weighted by Gasteiger charge is -2.35. The maximum atomic E-state index is 13.7. The Kier molecular flexibility index (Phi) is 7.72. The minimum absolute atomic E-state index is 0.104. The predicted molar refractivity (Wildman–Crippen MR) is 149 cm³/mol. The quantitative estimate of drug-likeness (QED) is 0.482. The molecule has 1 saturated heterocycles. The maximum absolute atomic E-state index is 13.7. The number of hydrogen-bond donors (Lipinski definition) is 1. The number of aryl methyl sites for hydroxylation is 2. The number of amides is 1. The number of fused-ring (bicyclic) bond motifs is 1. The molecule has 3 aromatic carbocycles. The van der Waals surface area contributed by atoms with Crippen LogP contribution in [-0.4, -0.2) is 45.0 Å². The lowest BCUT2D eigenvalue weighted by Crippen LogP contribution is -2.50.